The Morgan fingerprint density at radius 1 is 1.03 bits per heavy atom. The molecule has 2 fully saturated rings. The summed E-state index contributed by atoms with van der Waals surface area (Å²) in [5.41, 5.74) is 0.551. The van der Waals surface area contributed by atoms with E-state index in [0.717, 1.165) is 25.9 Å². The number of likely N-dealkylation sites (N-methyl/N-ethyl adjacent to an activating group) is 1. The molecule has 1 N–H and O–H groups in total. The van der Waals surface area contributed by atoms with Crippen molar-refractivity contribution in [1.82, 2.24) is 15.1 Å². The van der Waals surface area contributed by atoms with Gasteiger partial charge in [0.25, 0.3) is 5.91 Å². The highest BCUT2D eigenvalue weighted by molar-refractivity contribution is 5.95. The Morgan fingerprint density at radius 3 is 2.21 bits per heavy atom. The molecular weight excluding hydrogens is 394 g/mol. The van der Waals surface area contributed by atoms with Crippen LogP contribution in [-0.4, -0.2) is 75.1 Å². The molecule has 0 radical (unpaired) electrons. The van der Waals surface area contributed by atoms with E-state index in [2.05, 4.69) is 5.32 Å². The molecule has 8 heteroatoms. The standard InChI is InChI=1S/C21H31N3O4.ClH/c1-22-14-17-5-4-8-24(17)21(26)15-6-9-23(10-7-15)20(25)16-11-18(27-2)13-19(12-16)28-3;/h11-13,15,17,22H,4-10,14H2,1-3H3;1H. The summed E-state index contributed by atoms with van der Waals surface area (Å²) in [6.45, 7) is 2.90. The summed E-state index contributed by atoms with van der Waals surface area (Å²) in [6, 6.07) is 5.52. The average Bonchev–Trinajstić information content (AvgIpc) is 3.20. The second-order valence-electron chi connectivity index (χ2n) is 7.55. The number of hydrogen-bond acceptors (Lipinski definition) is 5. The molecule has 0 bridgehead atoms. The van der Waals surface area contributed by atoms with Crippen molar-refractivity contribution in [3.05, 3.63) is 23.8 Å². The molecule has 0 saturated carbocycles. The van der Waals surface area contributed by atoms with Crippen molar-refractivity contribution in [2.24, 2.45) is 5.92 Å². The van der Waals surface area contributed by atoms with Gasteiger partial charge in [0.05, 0.1) is 14.2 Å². The highest BCUT2D eigenvalue weighted by Gasteiger charge is 2.35. The number of nitrogens with zero attached hydrogens (tertiary/aromatic N) is 2. The third-order valence-corrected chi connectivity index (χ3v) is 5.83. The van der Waals surface area contributed by atoms with Crippen LogP contribution in [0.3, 0.4) is 0 Å². The topological polar surface area (TPSA) is 71.1 Å². The number of piperidine rings is 1. The van der Waals surface area contributed by atoms with Crippen molar-refractivity contribution >= 4 is 24.2 Å². The van der Waals surface area contributed by atoms with Crippen LogP contribution in [0.5, 0.6) is 11.5 Å². The van der Waals surface area contributed by atoms with E-state index in [-0.39, 0.29) is 30.1 Å². The van der Waals surface area contributed by atoms with Crippen LogP contribution in [0.25, 0.3) is 0 Å². The van der Waals surface area contributed by atoms with E-state index in [1.54, 1.807) is 32.4 Å². The smallest absolute Gasteiger partial charge is 0.254 e. The second kappa shape index (κ2) is 10.7. The highest BCUT2D eigenvalue weighted by atomic mass is 35.5. The first-order valence-electron chi connectivity index (χ1n) is 10.0. The van der Waals surface area contributed by atoms with Gasteiger partial charge in [-0.3, -0.25) is 9.59 Å². The van der Waals surface area contributed by atoms with Gasteiger partial charge in [-0.05, 0) is 44.9 Å². The maximum absolute atomic E-state index is 13.0. The molecule has 1 unspecified atom stereocenters. The number of methoxy groups -OCH3 is 2. The quantitative estimate of drug-likeness (QED) is 0.756. The van der Waals surface area contributed by atoms with Crippen molar-refractivity contribution in [3.8, 4) is 11.5 Å². The first-order valence-corrected chi connectivity index (χ1v) is 10.0. The fourth-order valence-corrected chi connectivity index (χ4v) is 4.25. The van der Waals surface area contributed by atoms with Crippen LogP contribution >= 0.6 is 12.4 Å². The lowest BCUT2D eigenvalue weighted by atomic mass is 9.94. The van der Waals surface area contributed by atoms with Crippen LogP contribution in [0.1, 0.15) is 36.0 Å². The van der Waals surface area contributed by atoms with Crippen LogP contribution in [0.4, 0.5) is 0 Å². The molecule has 0 spiro atoms. The summed E-state index contributed by atoms with van der Waals surface area (Å²) in [5.74, 6) is 1.42. The normalized spacial score (nSPS) is 19.6. The number of amides is 2. The van der Waals surface area contributed by atoms with Crippen molar-refractivity contribution < 1.29 is 19.1 Å². The van der Waals surface area contributed by atoms with Gasteiger partial charge in [-0.25, -0.2) is 0 Å². The molecule has 2 amide bonds. The van der Waals surface area contributed by atoms with Crippen LogP contribution in [0.15, 0.2) is 18.2 Å². The fourth-order valence-electron chi connectivity index (χ4n) is 4.25. The molecule has 2 aliphatic heterocycles. The van der Waals surface area contributed by atoms with E-state index in [1.165, 1.54) is 0 Å². The van der Waals surface area contributed by atoms with Gasteiger partial charge in [-0.15, -0.1) is 12.4 Å². The Kier molecular flexibility index (Phi) is 8.59. The van der Waals surface area contributed by atoms with E-state index >= 15 is 0 Å². The minimum atomic E-state index is -0.0441. The second-order valence-corrected chi connectivity index (χ2v) is 7.55. The Morgan fingerprint density at radius 2 is 1.66 bits per heavy atom. The Hall–Kier alpha value is -1.99. The maximum Gasteiger partial charge on any atom is 0.254 e. The summed E-state index contributed by atoms with van der Waals surface area (Å²) in [7, 11) is 5.07. The SMILES string of the molecule is CNCC1CCCN1C(=O)C1CCN(C(=O)c2cc(OC)cc(OC)c2)CC1.Cl. The van der Waals surface area contributed by atoms with Gasteiger partial charge in [0.2, 0.25) is 5.91 Å². The Bertz CT molecular complexity index is 685. The average molecular weight is 426 g/mol. The van der Waals surface area contributed by atoms with Gasteiger partial charge >= 0.3 is 0 Å². The number of halogens is 1. The molecule has 1 atom stereocenters. The van der Waals surface area contributed by atoms with Crippen molar-refractivity contribution in [2.45, 2.75) is 31.7 Å². The van der Waals surface area contributed by atoms with Crippen molar-refractivity contribution in [1.29, 1.82) is 0 Å². The predicted molar refractivity (Wildman–Crippen MR) is 114 cm³/mol. The molecule has 162 valence electrons. The lowest BCUT2D eigenvalue weighted by Gasteiger charge is -2.35. The van der Waals surface area contributed by atoms with Crippen molar-refractivity contribution in [2.75, 3.05) is 47.4 Å². The number of rotatable bonds is 6. The van der Waals surface area contributed by atoms with Crippen LogP contribution < -0.4 is 14.8 Å². The summed E-state index contributed by atoms with van der Waals surface area (Å²) in [5, 5.41) is 3.19. The summed E-state index contributed by atoms with van der Waals surface area (Å²) in [6.07, 6.45) is 3.58. The summed E-state index contributed by atoms with van der Waals surface area (Å²) >= 11 is 0. The maximum atomic E-state index is 13.0. The fraction of sp³-hybridized carbons (Fsp3) is 0.619. The molecule has 29 heavy (non-hydrogen) atoms. The number of benzene rings is 1. The molecule has 7 nitrogen and oxygen atoms in total. The molecule has 1 aromatic rings. The van der Waals surface area contributed by atoms with E-state index in [4.69, 9.17) is 9.47 Å². The first-order chi connectivity index (χ1) is 13.6. The largest absolute Gasteiger partial charge is 0.497 e. The highest BCUT2D eigenvalue weighted by Crippen LogP contribution is 2.27. The monoisotopic (exact) mass is 425 g/mol. The summed E-state index contributed by atoms with van der Waals surface area (Å²) in [4.78, 5) is 29.8. The number of carbonyl (C=O) groups is 2. The molecule has 0 aliphatic carbocycles. The van der Waals surface area contributed by atoms with Gasteiger partial charge in [-0.1, -0.05) is 0 Å². The van der Waals surface area contributed by atoms with Gasteiger partial charge < -0.3 is 24.6 Å². The molecule has 2 heterocycles. The van der Waals surface area contributed by atoms with Crippen LogP contribution in [0.2, 0.25) is 0 Å². The predicted octanol–water partition coefficient (Wildman–Crippen LogP) is 2.19. The van der Waals surface area contributed by atoms with Gasteiger partial charge in [0.15, 0.2) is 0 Å². The van der Waals surface area contributed by atoms with E-state index in [9.17, 15) is 9.59 Å². The lowest BCUT2D eigenvalue weighted by Crippen LogP contribution is -2.47. The Balaban J connectivity index is 0.00000300. The molecule has 0 aromatic heterocycles. The van der Waals surface area contributed by atoms with E-state index in [1.807, 2.05) is 16.8 Å². The molecule has 2 saturated heterocycles. The van der Waals surface area contributed by atoms with E-state index in [0.29, 0.717) is 49.0 Å². The Labute approximate surface area is 179 Å². The molecule has 3 rings (SSSR count). The van der Waals surface area contributed by atoms with Crippen LogP contribution in [0, 0.1) is 5.92 Å². The third-order valence-electron chi connectivity index (χ3n) is 5.83. The number of nitrogens with one attached hydrogen (secondary N) is 1. The molecule has 2 aliphatic rings. The third kappa shape index (κ3) is 5.34. The summed E-state index contributed by atoms with van der Waals surface area (Å²) < 4.78 is 10.5. The zero-order valence-electron chi connectivity index (χ0n) is 17.5. The van der Waals surface area contributed by atoms with Gasteiger partial charge in [0.1, 0.15) is 11.5 Å². The lowest BCUT2D eigenvalue weighted by molar-refractivity contribution is -0.137. The van der Waals surface area contributed by atoms with E-state index < -0.39 is 0 Å². The number of ether oxygens (including phenoxy) is 2. The zero-order valence-corrected chi connectivity index (χ0v) is 18.3. The minimum Gasteiger partial charge on any atom is -0.497 e. The molecule has 1 aromatic carbocycles. The number of likely N-dealkylation sites (tertiary alicyclic amines) is 2. The number of hydrogen-bond donors (Lipinski definition) is 1. The molecular formula is C21H32ClN3O4. The minimum absolute atomic E-state index is 0. The van der Waals surface area contributed by atoms with Crippen LogP contribution in [-0.2, 0) is 4.79 Å². The number of carbonyl (C=O) groups excluding carboxylic acids is 2. The van der Waals surface area contributed by atoms with Gasteiger partial charge in [-0.2, -0.15) is 0 Å². The first kappa shape index (κ1) is 23.3. The zero-order chi connectivity index (χ0) is 20.1. The van der Waals surface area contributed by atoms with Gasteiger partial charge in [0, 0.05) is 49.8 Å². The van der Waals surface area contributed by atoms with Crippen molar-refractivity contribution in [3.63, 3.8) is 0 Å².